The van der Waals surface area contributed by atoms with Crippen molar-refractivity contribution in [1.82, 2.24) is 5.32 Å². The molecule has 0 aromatic heterocycles. The fourth-order valence-corrected chi connectivity index (χ4v) is 2.75. The van der Waals surface area contributed by atoms with Gasteiger partial charge in [-0.1, -0.05) is 24.3 Å². The minimum atomic E-state index is -0.629. The van der Waals surface area contributed by atoms with Gasteiger partial charge in [-0.25, -0.2) is 4.79 Å². The molecule has 1 N–H and O–H groups in total. The van der Waals surface area contributed by atoms with Crippen molar-refractivity contribution < 1.29 is 23.6 Å². The van der Waals surface area contributed by atoms with Gasteiger partial charge in [-0.15, -0.1) is 0 Å². The van der Waals surface area contributed by atoms with Gasteiger partial charge < -0.3 is 19.4 Å². The zero-order chi connectivity index (χ0) is 22.0. The first kappa shape index (κ1) is 23.2. The van der Waals surface area contributed by atoms with Crippen LogP contribution in [-0.4, -0.2) is 42.3 Å². The Morgan fingerprint density at radius 1 is 1.14 bits per heavy atom. The average molecular weight is 401 g/mol. The maximum absolute atomic E-state index is 12.1. The summed E-state index contributed by atoms with van der Waals surface area (Å²) in [5.74, 6) is -0.00990. The first-order valence-electron chi connectivity index (χ1n) is 9.84. The molecule has 1 aromatic rings. The molecule has 0 bridgehead atoms. The Kier molecular flexibility index (Phi) is 6.65. The standard InChI is InChI=1S/C22H32BNO5/c1-15(25)17-11-9-10-16(12-17)13-18(14-24-19(26)27-20(2,3)4)23-28-21(5,6)22(7,8)29-23/h9-13H,14H2,1-8H3,(H,24,26). The number of ketones is 1. The quantitative estimate of drug-likeness (QED) is 0.584. The lowest BCUT2D eigenvalue weighted by Gasteiger charge is -2.32. The van der Waals surface area contributed by atoms with E-state index >= 15 is 0 Å². The fraction of sp³-hybridized carbons (Fsp3) is 0.545. The van der Waals surface area contributed by atoms with Crippen molar-refractivity contribution in [1.29, 1.82) is 0 Å². The van der Waals surface area contributed by atoms with E-state index in [0.29, 0.717) is 5.56 Å². The molecule has 0 saturated carbocycles. The van der Waals surface area contributed by atoms with Gasteiger partial charge in [0.2, 0.25) is 0 Å². The van der Waals surface area contributed by atoms with Gasteiger partial charge in [0.15, 0.2) is 5.78 Å². The number of ether oxygens (including phenoxy) is 1. The minimum Gasteiger partial charge on any atom is -0.444 e. The number of amides is 1. The summed E-state index contributed by atoms with van der Waals surface area (Å²) in [6.45, 7) is 15.0. The smallest absolute Gasteiger partial charge is 0.444 e. The van der Waals surface area contributed by atoms with Crippen molar-refractivity contribution in [2.45, 2.75) is 72.2 Å². The van der Waals surface area contributed by atoms with Gasteiger partial charge in [-0.05, 0) is 72.5 Å². The molecule has 1 amide bonds. The number of nitrogens with one attached hydrogen (secondary N) is 1. The number of benzene rings is 1. The zero-order valence-electron chi connectivity index (χ0n) is 18.7. The molecule has 0 spiro atoms. The lowest BCUT2D eigenvalue weighted by Crippen LogP contribution is -2.41. The number of alkyl carbamates (subject to hydrolysis) is 1. The van der Waals surface area contributed by atoms with Crippen LogP contribution in [0.2, 0.25) is 0 Å². The van der Waals surface area contributed by atoms with Crippen LogP contribution in [-0.2, 0) is 14.0 Å². The maximum Gasteiger partial charge on any atom is 0.492 e. The molecule has 2 rings (SSSR count). The van der Waals surface area contributed by atoms with Gasteiger partial charge in [0.25, 0.3) is 0 Å². The molecule has 6 nitrogen and oxygen atoms in total. The molecule has 0 atom stereocenters. The summed E-state index contributed by atoms with van der Waals surface area (Å²) in [4.78, 5) is 23.9. The highest BCUT2D eigenvalue weighted by atomic mass is 16.7. The molecule has 1 heterocycles. The van der Waals surface area contributed by atoms with Crippen LogP contribution >= 0.6 is 0 Å². The van der Waals surface area contributed by atoms with Crippen LogP contribution in [0.4, 0.5) is 4.79 Å². The van der Waals surface area contributed by atoms with Crippen molar-refractivity contribution in [3.8, 4) is 0 Å². The van der Waals surface area contributed by atoms with Gasteiger partial charge in [0.1, 0.15) is 5.60 Å². The van der Waals surface area contributed by atoms with E-state index in [-0.39, 0.29) is 12.3 Å². The lowest BCUT2D eigenvalue weighted by atomic mass is 9.77. The Morgan fingerprint density at radius 3 is 2.24 bits per heavy atom. The van der Waals surface area contributed by atoms with E-state index < -0.39 is 30.0 Å². The summed E-state index contributed by atoms with van der Waals surface area (Å²) in [5.41, 5.74) is 0.567. The first-order valence-corrected chi connectivity index (χ1v) is 9.84. The highest BCUT2D eigenvalue weighted by Crippen LogP contribution is 2.38. The van der Waals surface area contributed by atoms with Crippen molar-refractivity contribution in [3.05, 3.63) is 40.9 Å². The molecule has 7 heteroatoms. The molecule has 29 heavy (non-hydrogen) atoms. The van der Waals surface area contributed by atoms with Gasteiger partial charge in [0, 0.05) is 12.1 Å². The highest BCUT2D eigenvalue weighted by Gasteiger charge is 2.52. The molecule has 0 unspecified atom stereocenters. The average Bonchev–Trinajstić information content (AvgIpc) is 2.77. The molecule has 0 radical (unpaired) electrons. The molecular formula is C22H32BNO5. The minimum absolute atomic E-state index is 0.00990. The predicted octanol–water partition coefficient (Wildman–Crippen LogP) is 4.43. The number of rotatable bonds is 5. The summed E-state index contributed by atoms with van der Waals surface area (Å²) in [6.07, 6.45) is 1.36. The van der Waals surface area contributed by atoms with Gasteiger partial charge in [0.05, 0.1) is 11.2 Å². The van der Waals surface area contributed by atoms with Crippen LogP contribution < -0.4 is 5.32 Å². The van der Waals surface area contributed by atoms with Crippen LogP contribution in [0.1, 0.15) is 71.3 Å². The zero-order valence-corrected chi connectivity index (χ0v) is 18.7. The third-order valence-corrected chi connectivity index (χ3v) is 5.04. The molecule has 1 fully saturated rings. The van der Waals surface area contributed by atoms with Crippen LogP contribution in [0.25, 0.3) is 6.08 Å². The second-order valence-electron chi connectivity index (χ2n) is 9.34. The Hall–Kier alpha value is -2.12. The van der Waals surface area contributed by atoms with E-state index in [9.17, 15) is 9.59 Å². The molecule has 1 aliphatic heterocycles. The van der Waals surface area contributed by atoms with E-state index in [2.05, 4.69) is 5.32 Å². The van der Waals surface area contributed by atoms with E-state index in [0.717, 1.165) is 11.0 Å². The molecule has 1 saturated heterocycles. The van der Waals surface area contributed by atoms with E-state index in [1.165, 1.54) is 6.92 Å². The predicted molar refractivity (Wildman–Crippen MR) is 115 cm³/mol. The van der Waals surface area contributed by atoms with Crippen LogP contribution in [0.15, 0.2) is 29.7 Å². The lowest BCUT2D eigenvalue weighted by molar-refractivity contribution is 0.00578. The van der Waals surface area contributed by atoms with Gasteiger partial charge >= 0.3 is 13.2 Å². The van der Waals surface area contributed by atoms with E-state index in [1.54, 1.807) is 12.1 Å². The second-order valence-corrected chi connectivity index (χ2v) is 9.34. The van der Waals surface area contributed by atoms with E-state index in [4.69, 9.17) is 14.0 Å². The number of carbonyl (C=O) groups is 2. The second kappa shape index (κ2) is 8.32. The Morgan fingerprint density at radius 2 is 1.72 bits per heavy atom. The van der Waals surface area contributed by atoms with E-state index in [1.807, 2.05) is 66.7 Å². The molecule has 1 aliphatic rings. The first-order chi connectivity index (χ1) is 13.2. The van der Waals surface area contributed by atoms with Crippen molar-refractivity contribution in [2.24, 2.45) is 0 Å². The number of hydrogen-bond acceptors (Lipinski definition) is 5. The third kappa shape index (κ3) is 6.18. The van der Waals surface area contributed by atoms with Crippen LogP contribution in [0, 0.1) is 0 Å². The van der Waals surface area contributed by atoms with Crippen molar-refractivity contribution in [3.63, 3.8) is 0 Å². The number of carbonyl (C=O) groups excluding carboxylic acids is 2. The van der Waals surface area contributed by atoms with Crippen molar-refractivity contribution >= 4 is 25.1 Å². The monoisotopic (exact) mass is 401 g/mol. The maximum atomic E-state index is 12.1. The summed E-state index contributed by atoms with van der Waals surface area (Å²) in [6, 6.07) is 7.30. The Labute approximate surface area is 174 Å². The fourth-order valence-electron chi connectivity index (χ4n) is 2.75. The van der Waals surface area contributed by atoms with Gasteiger partial charge in [-0.3, -0.25) is 4.79 Å². The molecule has 158 valence electrons. The largest absolute Gasteiger partial charge is 0.492 e. The van der Waals surface area contributed by atoms with Crippen LogP contribution in [0.5, 0.6) is 0 Å². The molecule has 0 aliphatic carbocycles. The third-order valence-electron chi connectivity index (χ3n) is 5.04. The topological polar surface area (TPSA) is 73.9 Å². The van der Waals surface area contributed by atoms with Gasteiger partial charge in [-0.2, -0.15) is 0 Å². The Bertz CT molecular complexity index is 792. The SMILES string of the molecule is CC(=O)c1cccc(C=C(CNC(=O)OC(C)(C)C)B2OC(C)(C)C(C)(C)O2)c1. The Balaban J connectivity index is 2.30. The highest BCUT2D eigenvalue weighted by molar-refractivity contribution is 6.56. The summed E-state index contributed by atoms with van der Waals surface area (Å²) in [7, 11) is -0.629. The number of Topliss-reactive ketones (excluding diaryl/α,β-unsaturated/α-hetero) is 1. The summed E-state index contributed by atoms with van der Waals surface area (Å²) < 4.78 is 17.6. The molecule has 1 aromatic carbocycles. The normalized spacial score (nSPS) is 18.5. The number of hydrogen-bond donors (Lipinski definition) is 1. The van der Waals surface area contributed by atoms with Crippen molar-refractivity contribution in [2.75, 3.05) is 6.54 Å². The van der Waals surface area contributed by atoms with Crippen LogP contribution in [0.3, 0.4) is 0 Å². The summed E-state index contributed by atoms with van der Waals surface area (Å²) >= 11 is 0. The molecular weight excluding hydrogens is 369 g/mol. The summed E-state index contributed by atoms with van der Waals surface area (Å²) in [5, 5.41) is 2.77.